The first-order valence-corrected chi connectivity index (χ1v) is 7.77. The Labute approximate surface area is 109 Å². The lowest BCUT2D eigenvalue weighted by atomic mass is 9.94. The third-order valence-corrected chi connectivity index (χ3v) is 3.65. The molecule has 0 spiro atoms. The first-order chi connectivity index (χ1) is 7.74. The second kappa shape index (κ2) is 8.48. The summed E-state index contributed by atoms with van der Waals surface area (Å²) in [6.07, 6.45) is 7.38. The molecule has 0 saturated heterocycles. The Hall–Kier alpha value is 0.400. The van der Waals surface area contributed by atoms with Crippen LogP contribution in [-0.2, 0) is 4.74 Å². The van der Waals surface area contributed by atoms with Crippen molar-refractivity contribution < 1.29 is 4.74 Å². The third kappa shape index (κ3) is 5.65. The van der Waals surface area contributed by atoms with Crippen molar-refractivity contribution in [3.8, 4) is 0 Å². The Balaban J connectivity index is 2.27. The maximum absolute atomic E-state index is 5.65. The fourth-order valence-electron chi connectivity index (χ4n) is 2.44. The molecule has 3 heteroatoms. The number of hydrogen-bond acceptors (Lipinski definition) is 2. The molecule has 0 amide bonds. The molecule has 0 aromatic heterocycles. The van der Waals surface area contributed by atoms with E-state index in [9.17, 15) is 0 Å². The van der Waals surface area contributed by atoms with Crippen molar-refractivity contribution in [2.24, 2.45) is 0 Å². The van der Waals surface area contributed by atoms with Crippen LogP contribution in [0.5, 0.6) is 0 Å². The second-order valence-electron chi connectivity index (χ2n) is 4.94. The molecule has 16 heavy (non-hydrogen) atoms. The molecule has 0 aromatic carbocycles. The second-order valence-corrected chi connectivity index (χ2v) is 5.73. The van der Waals surface area contributed by atoms with Gasteiger partial charge in [-0.25, -0.2) is 0 Å². The summed E-state index contributed by atoms with van der Waals surface area (Å²) in [7, 11) is 0. The fourth-order valence-corrected chi connectivity index (χ4v) is 2.89. The van der Waals surface area contributed by atoms with Crippen LogP contribution in [0.1, 0.15) is 46.0 Å². The maximum atomic E-state index is 5.65. The Bertz CT molecular complexity index is 169. The van der Waals surface area contributed by atoms with Crippen LogP contribution >= 0.6 is 15.9 Å². The lowest BCUT2D eigenvalue weighted by molar-refractivity contribution is 0.0453. The predicted octanol–water partition coefficient (Wildman–Crippen LogP) is 3.44. The van der Waals surface area contributed by atoms with Crippen LogP contribution in [0.2, 0.25) is 0 Å². The van der Waals surface area contributed by atoms with Crippen LogP contribution in [0.25, 0.3) is 0 Å². The molecule has 0 unspecified atom stereocenters. The highest BCUT2D eigenvalue weighted by Crippen LogP contribution is 2.22. The number of ether oxygens (including phenoxy) is 1. The Morgan fingerprint density at radius 3 is 2.44 bits per heavy atom. The molecule has 2 nitrogen and oxygen atoms in total. The lowest BCUT2D eigenvalue weighted by Crippen LogP contribution is -2.40. The Kier molecular flexibility index (Phi) is 7.67. The average Bonchev–Trinajstić information content (AvgIpc) is 2.29. The van der Waals surface area contributed by atoms with Gasteiger partial charge in [-0.2, -0.15) is 0 Å². The van der Waals surface area contributed by atoms with Gasteiger partial charge in [0.2, 0.25) is 0 Å². The van der Waals surface area contributed by atoms with Crippen LogP contribution in [0.4, 0.5) is 0 Å². The van der Waals surface area contributed by atoms with Crippen LogP contribution in [0, 0.1) is 0 Å². The number of hydrogen-bond donors (Lipinski definition) is 0. The van der Waals surface area contributed by atoms with E-state index in [0.717, 1.165) is 31.1 Å². The molecule has 1 fully saturated rings. The van der Waals surface area contributed by atoms with Gasteiger partial charge in [-0.05, 0) is 26.7 Å². The molecule has 0 N–H and O–H groups in total. The molecule has 0 atom stereocenters. The summed E-state index contributed by atoms with van der Waals surface area (Å²) in [4.78, 5) is 2.61. The van der Waals surface area contributed by atoms with E-state index < -0.39 is 0 Å². The van der Waals surface area contributed by atoms with E-state index in [1.807, 2.05) is 0 Å². The van der Waals surface area contributed by atoms with E-state index in [2.05, 4.69) is 34.7 Å². The van der Waals surface area contributed by atoms with Crippen molar-refractivity contribution in [3.63, 3.8) is 0 Å². The van der Waals surface area contributed by atoms with Gasteiger partial charge in [0.15, 0.2) is 0 Å². The zero-order valence-corrected chi connectivity index (χ0v) is 12.3. The zero-order valence-electron chi connectivity index (χ0n) is 10.8. The van der Waals surface area contributed by atoms with Gasteiger partial charge in [0, 0.05) is 24.5 Å². The van der Waals surface area contributed by atoms with E-state index in [0.29, 0.717) is 6.10 Å². The standard InChI is InChI=1S/C13H26BrNO/c1-12(2)16-11-10-15(9-8-14)13-6-4-3-5-7-13/h12-13H,3-11H2,1-2H3. The minimum Gasteiger partial charge on any atom is -0.377 e. The van der Waals surface area contributed by atoms with Crippen molar-refractivity contribution in [3.05, 3.63) is 0 Å². The zero-order chi connectivity index (χ0) is 11.8. The largest absolute Gasteiger partial charge is 0.377 e. The molecular weight excluding hydrogens is 266 g/mol. The molecule has 0 aliphatic heterocycles. The van der Waals surface area contributed by atoms with Crippen molar-refractivity contribution in [2.75, 3.05) is 25.0 Å². The number of alkyl halides is 1. The van der Waals surface area contributed by atoms with Crippen molar-refractivity contribution in [2.45, 2.75) is 58.1 Å². The summed E-state index contributed by atoms with van der Waals surface area (Å²) in [5.74, 6) is 0. The third-order valence-electron chi connectivity index (χ3n) is 3.29. The molecule has 0 aromatic rings. The molecule has 1 saturated carbocycles. The summed E-state index contributed by atoms with van der Waals surface area (Å²) in [6, 6.07) is 0.807. The summed E-state index contributed by atoms with van der Waals surface area (Å²) >= 11 is 3.55. The molecule has 0 radical (unpaired) electrons. The number of nitrogens with zero attached hydrogens (tertiary/aromatic N) is 1. The topological polar surface area (TPSA) is 12.5 Å². The van der Waals surface area contributed by atoms with E-state index in [4.69, 9.17) is 4.74 Å². The smallest absolute Gasteiger partial charge is 0.0597 e. The van der Waals surface area contributed by atoms with E-state index >= 15 is 0 Å². The minimum absolute atomic E-state index is 0.358. The molecule has 1 aliphatic rings. The van der Waals surface area contributed by atoms with Gasteiger partial charge >= 0.3 is 0 Å². The fraction of sp³-hybridized carbons (Fsp3) is 1.00. The van der Waals surface area contributed by atoms with Gasteiger partial charge in [-0.15, -0.1) is 0 Å². The Morgan fingerprint density at radius 2 is 1.88 bits per heavy atom. The minimum atomic E-state index is 0.358. The average molecular weight is 292 g/mol. The first-order valence-electron chi connectivity index (χ1n) is 6.65. The summed E-state index contributed by atoms with van der Waals surface area (Å²) in [5, 5.41) is 1.07. The monoisotopic (exact) mass is 291 g/mol. The van der Waals surface area contributed by atoms with Crippen LogP contribution in [0.3, 0.4) is 0 Å². The van der Waals surface area contributed by atoms with Crippen molar-refractivity contribution >= 4 is 15.9 Å². The highest BCUT2D eigenvalue weighted by Gasteiger charge is 2.20. The van der Waals surface area contributed by atoms with Gasteiger partial charge < -0.3 is 4.74 Å². The SMILES string of the molecule is CC(C)OCCN(CCBr)C1CCCCC1. The first kappa shape index (κ1) is 14.5. The highest BCUT2D eigenvalue weighted by molar-refractivity contribution is 9.09. The van der Waals surface area contributed by atoms with E-state index in [1.165, 1.54) is 32.1 Å². The molecular formula is C13H26BrNO. The molecule has 0 bridgehead atoms. The van der Waals surface area contributed by atoms with Gasteiger partial charge in [0.25, 0.3) is 0 Å². The summed E-state index contributed by atoms with van der Waals surface area (Å²) in [5.41, 5.74) is 0. The summed E-state index contributed by atoms with van der Waals surface area (Å²) in [6.45, 7) is 7.34. The number of halogens is 1. The molecule has 1 rings (SSSR count). The molecule has 0 heterocycles. The van der Waals surface area contributed by atoms with E-state index in [-0.39, 0.29) is 0 Å². The normalized spacial score (nSPS) is 18.6. The van der Waals surface area contributed by atoms with Crippen molar-refractivity contribution in [1.29, 1.82) is 0 Å². The van der Waals surface area contributed by atoms with Gasteiger partial charge in [-0.3, -0.25) is 4.90 Å². The van der Waals surface area contributed by atoms with Crippen LogP contribution in [-0.4, -0.2) is 42.1 Å². The van der Waals surface area contributed by atoms with Crippen LogP contribution < -0.4 is 0 Å². The van der Waals surface area contributed by atoms with E-state index in [1.54, 1.807) is 0 Å². The number of rotatable bonds is 7. The maximum Gasteiger partial charge on any atom is 0.0597 e. The highest BCUT2D eigenvalue weighted by atomic mass is 79.9. The quantitative estimate of drug-likeness (QED) is 0.666. The van der Waals surface area contributed by atoms with Gasteiger partial charge in [0.05, 0.1) is 12.7 Å². The lowest BCUT2D eigenvalue weighted by Gasteiger charge is -2.34. The predicted molar refractivity (Wildman–Crippen MR) is 73.3 cm³/mol. The molecule has 1 aliphatic carbocycles. The summed E-state index contributed by atoms with van der Waals surface area (Å²) < 4.78 is 5.65. The van der Waals surface area contributed by atoms with Gasteiger partial charge in [-0.1, -0.05) is 35.2 Å². The van der Waals surface area contributed by atoms with Crippen molar-refractivity contribution in [1.82, 2.24) is 4.90 Å². The van der Waals surface area contributed by atoms with Gasteiger partial charge in [0.1, 0.15) is 0 Å². The molecule has 96 valence electrons. The Morgan fingerprint density at radius 1 is 1.19 bits per heavy atom. The van der Waals surface area contributed by atoms with Crippen LogP contribution in [0.15, 0.2) is 0 Å².